The molecule has 35 heavy (non-hydrogen) atoms. The van der Waals surface area contributed by atoms with Crippen LogP contribution in [0.4, 0.5) is 4.79 Å². The molecule has 0 fully saturated rings. The maximum Gasteiger partial charge on any atom is 0.408 e. The van der Waals surface area contributed by atoms with Crippen molar-refractivity contribution in [2.45, 2.75) is 38.0 Å². The highest BCUT2D eigenvalue weighted by molar-refractivity contribution is 5.90. The minimum atomic E-state index is -1.07. The number of benzene rings is 1. The van der Waals surface area contributed by atoms with Crippen LogP contribution in [-0.4, -0.2) is 67.8 Å². The van der Waals surface area contributed by atoms with Crippen molar-refractivity contribution < 1.29 is 23.9 Å². The average molecular weight is 492 g/mol. The molecule has 0 saturated carbocycles. The number of amides is 3. The molecule has 0 heterocycles. The number of rotatable bonds is 15. The molecular formula is C21H33N9O5. The number of nitrogens with zero attached hydrogens (tertiary/aromatic N) is 2. The quantitative estimate of drug-likeness (QED) is 0.0608. The Morgan fingerprint density at radius 2 is 1.60 bits per heavy atom. The van der Waals surface area contributed by atoms with E-state index in [1.165, 1.54) is 0 Å². The summed E-state index contributed by atoms with van der Waals surface area (Å²) in [6.45, 7) is -0.0540. The zero-order valence-electron chi connectivity index (χ0n) is 19.3. The van der Waals surface area contributed by atoms with Gasteiger partial charge in [-0.1, -0.05) is 30.3 Å². The summed E-state index contributed by atoms with van der Waals surface area (Å²) in [4.78, 5) is 55.7. The number of hydrogen-bond acceptors (Lipinski definition) is 7. The van der Waals surface area contributed by atoms with E-state index >= 15 is 0 Å². The summed E-state index contributed by atoms with van der Waals surface area (Å²) >= 11 is 0. The van der Waals surface area contributed by atoms with E-state index in [1.807, 2.05) is 6.07 Å². The van der Waals surface area contributed by atoms with Gasteiger partial charge in [-0.2, -0.15) is 0 Å². The van der Waals surface area contributed by atoms with E-state index in [0.717, 1.165) is 5.56 Å². The maximum absolute atomic E-state index is 12.6. The van der Waals surface area contributed by atoms with Crippen molar-refractivity contribution in [3.8, 4) is 0 Å². The number of aldehydes is 1. The Labute approximate surface area is 202 Å². The molecule has 3 amide bonds. The number of nitrogens with two attached hydrogens (primary N) is 4. The van der Waals surface area contributed by atoms with Crippen LogP contribution in [0.1, 0.15) is 24.8 Å². The summed E-state index contributed by atoms with van der Waals surface area (Å²) in [7, 11) is 0. The van der Waals surface area contributed by atoms with Gasteiger partial charge in [-0.05, 0) is 24.8 Å². The number of hydrogen-bond donors (Lipinski definition) is 7. The Balaban J connectivity index is 2.57. The molecular weight excluding hydrogens is 458 g/mol. The summed E-state index contributed by atoms with van der Waals surface area (Å²) in [5.74, 6) is -1.48. The van der Waals surface area contributed by atoms with Crippen molar-refractivity contribution in [1.82, 2.24) is 16.0 Å². The number of guanidine groups is 2. The van der Waals surface area contributed by atoms with Gasteiger partial charge in [-0.15, -0.1) is 0 Å². The highest BCUT2D eigenvalue weighted by Gasteiger charge is 2.22. The lowest BCUT2D eigenvalue weighted by Gasteiger charge is -2.18. The molecule has 1 rings (SSSR count). The first-order chi connectivity index (χ1) is 16.7. The van der Waals surface area contributed by atoms with Crippen LogP contribution in [0.15, 0.2) is 40.3 Å². The molecule has 2 unspecified atom stereocenters. The highest BCUT2D eigenvalue weighted by Crippen LogP contribution is 2.02. The fourth-order valence-electron chi connectivity index (χ4n) is 2.74. The molecule has 0 aliphatic carbocycles. The summed E-state index contributed by atoms with van der Waals surface area (Å²) in [6, 6.07) is 7.14. The molecule has 0 aromatic heterocycles. The van der Waals surface area contributed by atoms with Gasteiger partial charge in [0.1, 0.15) is 18.9 Å². The van der Waals surface area contributed by atoms with Gasteiger partial charge < -0.3 is 48.4 Å². The summed E-state index contributed by atoms with van der Waals surface area (Å²) in [6.07, 6.45) is 0.585. The van der Waals surface area contributed by atoms with Gasteiger partial charge in [-0.25, -0.2) is 4.79 Å². The molecule has 1 aromatic carbocycles. The standard InChI is InChI=1S/C21H33N9O5/c22-19(23)26-9-4-7-15(12-31)29-17(32)11-28-18(33)16(8-10-27-20(24)25)30-21(34)35-13-14-5-2-1-3-6-14/h1-3,5-6,12,15-16H,4,7-11,13H2,(H,28,33)(H,29,32)(H,30,34)(H4,22,23,26)(H4,24,25,27). The van der Waals surface area contributed by atoms with Crippen LogP contribution >= 0.6 is 0 Å². The predicted molar refractivity (Wildman–Crippen MR) is 130 cm³/mol. The van der Waals surface area contributed by atoms with Crippen molar-refractivity contribution in [3.05, 3.63) is 35.9 Å². The SMILES string of the molecule is NC(N)=NCCCC(C=O)NC(=O)CNC(=O)C(CCN=C(N)N)NC(=O)OCc1ccccc1. The van der Waals surface area contributed by atoms with E-state index in [2.05, 4.69) is 25.9 Å². The van der Waals surface area contributed by atoms with Crippen LogP contribution in [0.3, 0.4) is 0 Å². The molecule has 11 N–H and O–H groups in total. The lowest BCUT2D eigenvalue weighted by atomic mass is 10.1. The zero-order valence-corrected chi connectivity index (χ0v) is 19.3. The van der Waals surface area contributed by atoms with Crippen molar-refractivity contribution in [3.63, 3.8) is 0 Å². The Morgan fingerprint density at radius 1 is 0.943 bits per heavy atom. The topological polar surface area (TPSA) is 242 Å². The summed E-state index contributed by atoms with van der Waals surface area (Å²) < 4.78 is 5.13. The number of ether oxygens (including phenoxy) is 1. The number of carbonyl (C=O) groups is 4. The zero-order chi connectivity index (χ0) is 26.1. The lowest BCUT2D eigenvalue weighted by molar-refractivity contribution is -0.128. The molecule has 0 bridgehead atoms. The van der Waals surface area contributed by atoms with Crippen molar-refractivity contribution in [1.29, 1.82) is 0 Å². The van der Waals surface area contributed by atoms with E-state index in [9.17, 15) is 19.2 Å². The van der Waals surface area contributed by atoms with E-state index in [1.54, 1.807) is 24.3 Å². The van der Waals surface area contributed by atoms with Gasteiger partial charge in [0.05, 0.1) is 12.6 Å². The minimum absolute atomic E-state index is 0.00753. The summed E-state index contributed by atoms with van der Waals surface area (Å²) in [5, 5.41) is 7.33. The normalized spacial score (nSPS) is 11.8. The van der Waals surface area contributed by atoms with E-state index in [-0.39, 0.29) is 31.5 Å². The molecule has 0 aliphatic rings. The van der Waals surface area contributed by atoms with Gasteiger partial charge in [0.2, 0.25) is 11.8 Å². The lowest BCUT2D eigenvalue weighted by Crippen LogP contribution is -2.50. The Hall–Kier alpha value is -4.36. The van der Waals surface area contributed by atoms with Gasteiger partial charge in [0.15, 0.2) is 11.9 Å². The third-order valence-corrected chi connectivity index (χ3v) is 4.43. The van der Waals surface area contributed by atoms with Gasteiger partial charge >= 0.3 is 6.09 Å². The molecule has 2 atom stereocenters. The van der Waals surface area contributed by atoms with Crippen LogP contribution < -0.4 is 38.9 Å². The van der Waals surface area contributed by atoms with E-state index in [0.29, 0.717) is 25.7 Å². The Bertz CT molecular complexity index is 884. The first-order valence-electron chi connectivity index (χ1n) is 10.8. The number of nitrogens with one attached hydrogen (secondary N) is 3. The average Bonchev–Trinajstić information content (AvgIpc) is 2.82. The van der Waals surface area contributed by atoms with Gasteiger partial charge in [0.25, 0.3) is 0 Å². The van der Waals surface area contributed by atoms with Crippen molar-refractivity contribution in [2.75, 3.05) is 19.6 Å². The predicted octanol–water partition coefficient (Wildman–Crippen LogP) is -2.20. The molecule has 0 aliphatic heterocycles. The van der Waals surface area contributed by atoms with Crippen LogP contribution in [0, 0.1) is 0 Å². The molecule has 1 aromatic rings. The highest BCUT2D eigenvalue weighted by atomic mass is 16.5. The molecule has 14 heteroatoms. The minimum Gasteiger partial charge on any atom is -0.445 e. The van der Waals surface area contributed by atoms with Crippen molar-refractivity contribution in [2.24, 2.45) is 32.9 Å². The van der Waals surface area contributed by atoms with E-state index in [4.69, 9.17) is 27.7 Å². The van der Waals surface area contributed by atoms with Crippen LogP contribution in [0.5, 0.6) is 0 Å². The first-order valence-corrected chi connectivity index (χ1v) is 10.8. The van der Waals surface area contributed by atoms with Crippen LogP contribution in [0.25, 0.3) is 0 Å². The monoisotopic (exact) mass is 491 g/mol. The third-order valence-electron chi connectivity index (χ3n) is 4.43. The number of aliphatic imine (C=N–C) groups is 2. The van der Waals surface area contributed by atoms with E-state index < -0.39 is 36.5 Å². The first kappa shape index (κ1) is 28.7. The van der Waals surface area contributed by atoms with Crippen molar-refractivity contribution >= 4 is 36.1 Å². The Morgan fingerprint density at radius 3 is 2.23 bits per heavy atom. The molecule has 0 radical (unpaired) electrons. The summed E-state index contributed by atoms with van der Waals surface area (Å²) in [5.41, 5.74) is 21.8. The molecule has 192 valence electrons. The van der Waals surface area contributed by atoms with Crippen LogP contribution in [0.2, 0.25) is 0 Å². The second-order valence-corrected chi connectivity index (χ2v) is 7.33. The largest absolute Gasteiger partial charge is 0.445 e. The third kappa shape index (κ3) is 13.7. The second kappa shape index (κ2) is 16.3. The number of alkyl carbamates (subject to hydrolysis) is 1. The van der Waals surface area contributed by atoms with Gasteiger partial charge in [0, 0.05) is 13.1 Å². The fourth-order valence-corrected chi connectivity index (χ4v) is 2.74. The smallest absolute Gasteiger partial charge is 0.408 e. The second-order valence-electron chi connectivity index (χ2n) is 7.33. The molecule has 0 spiro atoms. The maximum atomic E-state index is 12.6. The Kier molecular flexibility index (Phi) is 13.3. The molecule has 14 nitrogen and oxygen atoms in total. The van der Waals surface area contributed by atoms with Gasteiger partial charge in [-0.3, -0.25) is 19.6 Å². The fraction of sp³-hybridized carbons (Fsp3) is 0.429. The van der Waals surface area contributed by atoms with Crippen LogP contribution in [-0.2, 0) is 25.7 Å². The number of carbonyl (C=O) groups excluding carboxylic acids is 4. The molecule has 0 saturated heterocycles.